The summed E-state index contributed by atoms with van der Waals surface area (Å²) in [6, 6.07) is 12.6. The first-order valence-corrected chi connectivity index (χ1v) is 8.24. The lowest BCUT2D eigenvalue weighted by Gasteiger charge is -2.18. The molecule has 138 valence electrons. The SMILES string of the molecule is CNC(=O)c1ccc(CN(C)C(=O)Cc2cc(OC)ccc2OC)cc1. The molecule has 6 nitrogen and oxygen atoms in total. The molecule has 0 spiro atoms. The molecule has 2 aromatic carbocycles. The number of nitrogens with one attached hydrogen (secondary N) is 1. The number of hydrogen-bond donors (Lipinski definition) is 1. The maximum Gasteiger partial charge on any atom is 0.251 e. The van der Waals surface area contributed by atoms with E-state index in [0.29, 0.717) is 23.6 Å². The number of nitrogens with zero attached hydrogens (tertiary/aromatic N) is 1. The van der Waals surface area contributed by atoms with Crippen LogP contribution >= 0.6 is 0 Å². The van der Waals surface area contributed by atoms with Crippen LogP contribution in [0.1, 0.15) is 21.5 Å². The monoisotopic (exact) mass is 356 g/mol. The molecule has 0 radical (unpaired) electrons. The van der Waals surface area contributed by atoms with Gasteiger partial charge in [0, 0.05) is 31.8 Å². The maximum atomic E-state index is 12.6. The van der Waals surface area contributed by atoms with E-state index < -0.39 is 0 Å². The van der Waals surface area contributed by atoms with Gasteiger partial charge in [0.15, 0.2) is 0 Å². The first kappa shape index (κ1) is 19.3. The van der Waals surface area contributed by atoms with Crippen molar-refractivity contribution in [1.29, 1.82) is 0 Å². The van der Waals surface area contributed by atoms with E-state index in [-0.39, 0.29) is 18.2 Å². The molecule has 0 unspecified atom stereocenters. The van der Waals surface area contributed by atoms with Gasteiger partial charge in [-0.05, 0) is 35.9 Å². The quantitative estimate of drug-likeness (QED) is 0.826. The van der Waals surface area contributed by atoms with Gasteiger partial charge in [-0.3, -0.25) is 9.59 Å². The molecule has 0 heterocycles. The summed E-state index contributed by atoms with van der Waals surface area (Å²) < 4.78 is 10.5. The normalized spacial score (nSPS) is 10.2. The molecular weight excluding hydrogens is 332 g/mol. The fraction of sp³-hybridized carbons (Fsp3) is 0.300. The molecule has 6 heteroatoms. The molecule has 2 amide bonds. The highest BCUT2D eigenvalue weighted by Crippen LogP contribution is 2.25. The van der Waals surface area contributed by atoms with Gasteiger partial charge in [0.25, 0.3) is 5.91 Å². The van der Waals surface area contributed by atoms with Crippen LogP contribution < -0.4 is 14.8 Å². The number of carbonyl (C=O) groups is 2. The Balaban J connectivity index is 2.05. The Morgan fingerprint density at radius 2 is 1.73 bits per heavy atom. The molecule has 1 N–H and O–H groups in total. The predicted octanol–water partition coefficient (Wildman–Crippen LogP) is 2.26. The summed E-state index contributed by atoms with van der Waals surface area (Å²) in [6.45, 7) is 0.457. The highest BCUT2D eigenvalue weighted by molar-refractivity contribution is 5.93. The van der Waals surface area contributed by atoms with E-state index in [1.165, 1.54) is 0 Å². The fourth-order valence-electron chi connectivity index (χ4n) is 2.59. The summed E-state index contributed by atoms with van der Waals surface area (Å²) >= 11 is 0. The molecule has 0 saturated heterocycles. The number of hydrogen-bond acceptors (Lipinski definition) is 4. The second kappa shape index (κ2) is 8.89. The Kier molecular flexibility index (Phi) is 6.60. The van der Waals surface area contributed by atoms with Gasteiger partial charge < -0.3 is 19.7 Å². The van der Waals surface area contributed by atoms with Gasteiger partial charge in [-0.25, -0.2) is 0 Å². The summed E-state index contributed by atoms with van der Waals surface area (Å²) in [7, 11) is 6.51. The smallest absolute Gasteiger partial charge is 0.251 e. The van der Waals surface area contributed by atoms with Crippen LogP contribution in [0.3, 0.4) is 0 Å². The molecule has 26 heavy (non-hydrogen) atoms. The zero-order chi connectivity index (χ0) is 19.1. The van der Waals surface area contributed by atoms with Crippen LogP contribution in [-0.4, -0.2) is 45.0 Å². The first-order chi connectivity index (χ1) is 12.5. The van der Waals surface area contributed by atoms with E-state index in [1.807, 2.05) is 18.2 Å². The number of rotatable bonds is 7. The number of ether oxygens (including phenoxy) is 2. The minimum absolute atomic E-state index is 0.0352. The second-order valence-corrected chi connectivity index (χ2v) is 5.88. The summed E-state index contributed by atoms with van der Waals surface area (Å²) in [4.78, 5) is 25.8. The standard InChI is InChI=1S/C20H24N2O4/c1-21-20(24)15-7-5-14(6-8-15)13-22(2)19(23)12-16-11-17(25-3)9-10-18(16)26-4/h5-11H,12-13H2,1-4H3,(H,21,24). The Bertz CT molecular complexity index is 772. The van der Waals surface area contributed by atoms with E-state index in [1.54, 1.807) is 57.5 Å². The number of amides is 2. The zero-order valence-electron chi connectivity index (χ0n) is 15.5. The lowest BCUT2D eigenvalue weighted by atomic mass is 10.1. The number of benzene rings is 2. The Hall–Kier alpha value is -3.02. The molecule has 0 bridgehead atoms. The van der Waals surface area contributed by atoms with Gasteiger partial charge in [0.05, 0.1) is 20.6 Å². The molecule has 0 atom stereocenters. The topological polar surface area (TPSA) is 67.9 Å². The summed E-state index contributed by atoms with van der Waals surface area (Å²) in [6.07, 6.45) is 0.215. The molecule has 2 rings (SSSR count). The van der Waals surface area contributed by atoms with Crippen molar-refractivity contribution in [3.63, 3.8) is 0 Å². The number of carbonyl (C=O) groups excluding carboxylic acids is 2. The lowest BCUT2D eigenvalue weighted by Crippen LogP contribution is -2.28. The van der Waals surface area contributed by atoms with Crippen LogP contribution in [0.2, 0.25) is 0 Å². The van der Waals surface area contributed by atoms with Gasteiger partial charge in [0.1, 0.15) is 11.5 Å². The van der Waals surface area contributed by atoms with Gasteiger partial charge in [-0.1, -0.05) is 12.1 Å². The van der Waals surface area contributed by atoms with Crippen LogP contribution in [0.25, 0.3) is 0 Å². The van der Waals surface area contributed by atoms with Crippen molar-refractivity contribution in [3.8, 4) is 11.5 Å². The molecule has 0 aromatic heterocycles. The van der Waals surface area contributed by atoms with Crippen LogP contribution in [0.15, 0.2) is 42.5 Å². The van der Waals surface area contributed by atoms with E-state index in [4.69, 9.17) is 9.47 Å². The van der Waals surface area contributed by atoms with Crippen molar-refractivity contribution in [2.45, 2.75) is 13.0 Å². The van der Waals surface area contributed by atoms with Crippen molar-refractivity contribution >= 4 is 11.8 Å². The van der Waals surface area contributed by atoms with E-state index >= 15 is 0 Å². The summed E-state index contributed by atoms with van der Waals surface area (Å²) in [5, 5.41) is 2.58. The largest absolute Gasteiger partial charge is 0.497 e. The average molecular weight is 356 g/mol. The average Bonchev–Trinajstić information content (AvgIpc) is 2.67. The molecule has 2 aromatic rings. The summed E-state index contributed by atoms with van der Waals surface area (Å²) in [5.74, 6) is 1.17. The minimum atomic E-state index is -0.133. The summed E-state index contributed by atoms with van der Waals surface area (Å²) in [5.41, 5.74) is 2.32. The molecule has 0 saturated carbocycles. The van der Waals surface area contributed by atoms with Crippen LogP contribution in [0.4, 0.5) is 0 Å². The second-order valence-electron chi connectivity index (χ2n) is 5.88. The van der Waals surface area contributed by atoms with E-state index in [9.17, 15) is 9.59 Å². The van der Waals surface area contributed by atoms with Crippen molar-refractivity contribution in [3.05, 3.63) is 59.2 Å². The first-order valence-electron chi connectivity index (χ1n) is 8.24. The van der Waals surface area contributed by atoms with Crippen molar-refractivity contribution in [1.82, 2.24) is 10.2 Å². The van der Waals surface area contributed by atoms with Gasteiger partial charge in [-0.15, -0.1) is 0 Å². The third kappa shape index (κ3) is 4.75. The highest BCUT2D eigenvalue weighted by Gasteiger charge is 2.14. The molecule has 0 aliphatic carbocycles. The third-order valence-corrected chi connectivity index (χ3v) is 4.12. The lowest BCUT2D eigenvalue weighted by molar-refractivity contribution is -0.129. The maximum absolute atomic E-state index is 12.6. The number of methoxy groups -OCH3 is 2. The fourth-order valence-corrected chi connectivity index (χ4v) is 2.59. The van der Waals surface area contributed by atoms with Gasteiger partial charge in [-0.2, -0.15) is 0 Å². The Morgan fingerprint density at radius 3 is 2.31 bits per heavy atom. The molecular formula is C20H24N2O4. The Morgan fingerprint density at radius 1 is 1.04 bits per heavy atom. The Labute approximate surface area is 153 Å². The van der Waals surface area contributed by atoms with Gasteiger partial charge in [0.2, 0.25) is 5.91 Å². The molecule has 0 aliphatic heterocycles. The van der Waals surface area contributed by atoms with E-state index in [0.717, 1.165) is 11.1 Å². The molecule has 0 aliphatic rings. The van der Waals surface area contributed by atoms with Crippen LogP contribution in [-0.2, 0) is 17.8 Å². The van der Waals surface area contributed by atoms with Crippen molar-refractivity contribution in [2.24, 2.45) is 0 Å². The van der Waals surface area contributed by atoms with E-state index in [2.05, 4.69) is 5.32 Å². The zero-order valence-corrected chi connectivity index (χ0v) is 15.5. The molecule has 0 fully saturated rings. The van der Waals surface area contributed by atoms with Crippen molar-refractivity contribution < 1.29 is 19.1 Å². The van der Waals surface area contributed by atoms with Crippen LogP contribution in [0.5, 0.6) is 11.5 Å². The highest BCUT2D eigenvalue weighted by atomic mass is 16.5. The third-order valence-electron chi connectivity index (χ3n) is 4.12. The van der Waals surface area contributed by atoms with Gasteiger partial charge >= 0.3 is 0 Å². The van der Waals surface area contributed by atoms with Crippen LogP contribution in [0, 0.1) is 0 Å². The minimum Gasteiger partial charge on any atom is -0.497 e. The van der Waals surface area contributed by atoms with Crippen molar-refractivity contribution in [2.75, 3.05) is 28.3 Å². The number of likely N-dealkylation sites (N-methyl/N-ethyl adjacent to an activating group) is 1. The predicted molar refractivity (Wildman–Crippen MR) is 99.6 cm³/mol.